The van der Waals surface area contributed by atoms with Crippen molar-refractivity contribution in [3.05, 3.63) is 0 Å². The fourth-order valence-electron chi connectivity index (χ4n) is 0.983. The normalized spacial score (nSPS) is 9.53. The molecule has 0 aromatic heterocycles. The van der Waals surface area contributed by atoms with Crippen molar-refractivity contribution >= 4 is 17.9 Å². The third-order valence-corrected chi connectivity index (χ3v) is 1.98. The molecule has 0 rings (SSSR count). The number of rotatable bonds is 7. The second-order valence-corrected chi connectivity index (χ2v) is 3.57. The highest BCUT2D eigenvalue weighted by molar-refractivity contribution is 5.83. The first kappa shape index (κ1) is 15.2. The summed E-state index contributed by atoms with van der Waals surface area (Å²) in [7, 11) is 1.47. The van der Waals surface area contributed by atoms with Gasteiger partial charge in [0, 0.05) is 20.1 Å². The van der Waals surface area contributed by atoms with Crippen LogP contribution in [-0.2, 0) is 9.59 Å². The predicted molar refractivity (Wildman–Crippen MR) is 61.6 cm³/mol. The van der Waals surface area contributed by atoms with Gasteiger partial charge in [0.05, 0.1) is 13.0 Å². The molecule has 98 valence electrons. The molecule has 3 amide bonds. The zero-order valence-corrected chi connectivity index (χ0v) is 10.2. The lowest BCUT2D eigenvalue weighted by Crippen LogP contribution is -2.43. The first-order valence-corrected chi connectivity index (χ1v) is 5.44. The quantitative estimate of drug-likeness (QED) is 0.570. The highest BCUT2D eigenvalue weighted by Crippen LogP contribution is 1.88. The van der Waals surface area contributed by atoms with Crippen molar-refractivity contribution in [3.63, 3.8) is 0 Å². The van der Waals surface area contributed by atoms with Gasteiger partial charge in [-0.25, -0.2) is 4.79 Å². The van der Waals surface area contributed by atoms with E-state index in [4.69, 9.17) is 5.11 Å². The zero-order valence-electron chi connectivity index (χ0n) is 10.2. The number of aliphatic carboxylic acids is 1. The molecule has 0 aliphatic rings. The Morgan fingerprint density at radius 2 is 1.88 bits per heavy atom. The van der Waals surface area contributed by atoms with Gasteiger partial charge in [0.15, 0.2) is 0 Å². The van der Waals surface area contributed by atoms with Gasteiger partial charge < -0.3 is 20.6 Å². The van der Waals surface area contributed by atoms with Gasteiger partial charge in [-0.1, -0.05) is 6.92 Å². The maximum Gasteiger partial charge on any atom is 0.317 e. The molecule has 0 radical (unpaired) electrons. The van der Waals surface area contributed by atoms with Crippen molar-refractivity contribution in [2.75, 3.05) is 26.7 Å². The van der Waals surface area contributed by atoms with Crippen LogP contribution in [0.3, 0.4) is 0 Å². The van der Waals surface area contributed by atoms with Gasteiger partial charge in [-0.15, -0.1) is 0 Å². The van der Waals surface area contributed by atoms with Gasteiger partial charge in [-0.3, -0.25) is 9.59 Å². The number of carboxylic acids is 1. The van der Waals surface area contributed by atoms with E-state index in [0.717, 1.165) is 6.42 Å². The lowest BCUT2D eigenvalue weighted by atomic mass is 10.4. The molecule has 0 aromatic carbocycles. The van der Waals surface area contributed by atoms with E-state index in [2.05, 4.69) is 10.6 Å². The Kier molecular flexibility index (Phi) is 7.49. The fourth-order valence-corrected chi connectivity index (χ4v) is 0.983. The van der Waals surface area contributed by atoms with E-state index in [1.165, 1.54) is 11.9 Å². The van der Waals surface area contributed by atoms with Crippen molar-refractivity contribution in [2.45, 2.75) is 19.8 Å². The van der Waals surface area contributed by atoms with Crippen LogP contribution >= 0.6 is 0 Å². The van der Waals surface area contributed by atoms with Crippen LogP contribution in [0.2, 0.25) is 0 Å². The summed E-state index contributed by atoms with van der Waals surface area (Å²) in [5.41, 5.74) is 0. The molecule has 0 spiro atoms. The summed E-state index contributed by atoms with van der Waals surface area (Å²) in [5.74, 6) is -1.22. The Morgan fingerprint density at radius 1 is 1.24 bits per heavy atom. The average Bonchev–Trinajstić information content (AvgIpc) is 2.29. The predicted octanol–water partition coefficient (Wildman–Crippen LogP) is -0.371. The number of nitrogens with one attached hydrogen (secondary N) is 2. The minimum absolute atomic E-state index is 0.101. The van der Waals surface area contributed by atoms with Crippen molar-refractivity contribution in [1.29, 1.82) is 0 Å². The van der Waals surface area contributed by atoms with Gasteiger partial charge in [-0.2, -0.15) is 0 Å². The van der Waals surface area contributed by atoms with Crippen LogP contribution in [0.1, 0.15) is 19.8 Å². The van der Waals surface area contributed by atoms with E-state index in [0.29, 0.717) is 6.54 Å². The Hall–Kier alpha value is -1.79. The number of amides is 3. The molecule has 0 unspecified atom stereocenters. The topological polar surface area (TPSA) is 98.7 Å². The summed E-state index contributed by atoms with van der Waals surface area (Å²) in [5, 5.41) is 13.4. The van der Waals surface area contributed by atoms with Crippen LogP contribution in [0, 0.1) is 0 Å². The third kappa shape index (κ3) is 8.06. The second-order valence-electron chi connectivity index (χ2n) is 3.57. The van der Waals surface area contributed by atoms with Crippen molar-refractivity contribution in [3.8, 4) is 0 Å². The van der Waals surface area contributed by atoms with E-state index in [1.807, 2.05) is 6.92 Å². The summed E-state index contributed by atoms with van der Waals surface area (Å²) in [6.07, 6.45) is 0.712. The van der Waals surface area contributed by atoms with Crippen molar-refractivity contribution in [2.24, 2.45) is 0 Å². The fraction of sp³-hybridized carbons (Fsp3) is 0.700. The lowest BCUT2D eigenvalue weighted by molar-refractivity contribution is -0.137. The van der Waals surface area contributed by atoms with Gasteiger partial charge >= 0.3 is 12.0 Å². The number of carbonyl (C=O) groups excluding carboxylic acids is 2. The van der Waals surface area contributed by atoms with E-state index in [-0.39, 0.29) is 25.4 Å². The second kappa shape index (κ2) is 8.37. The molecule has 0 aromatic rings. The Morgan fingerprint density at radius 3 is 2.41 bits per heavy atom. The Bertz CT molecular complexity index is 281. The molecule has 0 heterocycles. The summed E-state index contributed by atoms with van der Waals surface area (Å²) >= 11 is 0. The number of carboxylic acid groups (broad SMARTS) is 1. The molecule has 0 saturated carbocycles. The highest BCUT2D eigenvalue weighted by Gasteiger charge is 2.10. The van der Waals surface area contributed by atoms with Gasteiger partial charge in [0.1, 0.15) is 0 Å². The molecule has 0 aliphatic carbocycles. The summed E-state index contributed by atoms with van der Waals surface area (Å²) in [6.45, 7) is 2.51. The Labute approximate surface area is 100 Å². The van der Waals surface area contributed by atoms with Crippen LogP contribution in [0.5, 0.6) is 0 Å². The highest BCUT2D eigenvalue weighted by atomic mass is 16.4. The van der Waals surface area contributed by atoms with Crippen LogP contribution in [0.4, 0.5) is 4.79 Å². The lowest BCUT2D eigenvalue weighted by Gasteiger charge is -2.16. The summed E-state index contributed by atoms with van der Waals surface area (Å²) in [6, 6.07) is -0.460. The molecule has 17 heavy (non-hydrogen) atoms. The minimum atomic E-state index is -0.967. The standard InChI is InChI=1S/C10H19N3O4/c1-3-5-11-8(14)7-12-10(17)13(2)6-4-9(15)16/h3-7H2,1-2H3,(H,11,14)(H,12,17)(H,15,16). The molecule has 3 N–H and O–H groups in total. The van der Waals surface area contributed by atoms with E-state index in [9.17, 15) is 14.4 Å². The largest absolute Gasteiger partial charge is 0.481 e. The Balaban J connectivity index is 3.77. The van der Waals surface area contributed by atoms with E-state index in [1.54, 1.807) is 0 Å². The number of hydrogen-bond acceptors (Lipinski definition) is 3. The zero-order chi connectivity index (χ0) is 13.3. The molecular weight excluding hydrogens is 226 g/mol. The first-order chi connectivity index (χ1) is 7.97. The smallest absolute Gasteiger partial charge is 0.317 e. The molecule has 7 heteroatoms. The van der Waals surface area contributed by atoms with Gasteiger partial charge in [0.2, 0.25) is 5.91 Å². The minimum Gasteiger partial charge on any atom is -0.481 e. The number of hydrogen-bond donors (Lipinski definition) is 3. The maximum absolute atomic E-state index is 11.4. The monoisotopic (exact) mass is 245 g/mol. The van der Waals surface area contributed by atoms with E-state index < -0.39 is 12.0 Å². The number of urea groups is 1. The van der Waals surface area contributed by atoms with Crippen molar-refractivity contribution in [1.82, 2.24) is 15.5 Å². The van der Waals surface area contributed by atoms with E-state index >= 15 is 0 Å². The SMILES string of the molecule is CCCNC(=O)CNC(=O)N(C)CCC(=O)O. The summed E-state index contributed by atoms with van der Waals surface area (Å²) < 4.78 is 0. The molecule has 7 nitrogen and oxygen atoms in total. The number of carbonyl (C=O) groups is 3. The van der Waals surface area contributed by atoms with Crippen LogP contribution in [0.15, 0.2) is 0 Å². The summed E-state index contributed by atoms with van der Waals surface area (Å²) in [4.78, 5) is 34.0. The number of nitrogens with zero attached hydrogens (tertiary/aromatic N) is 1. The van der Waals surface area contributed by atoms with Crippen molar-refractivity contribution < 1.29 is 19.5 Å². The van der Waals surface area contributed by atoms with Gasteiger partial charge in [-0.05, 0) is 6.42 Å². The molecular formula is C10H19N3O4. The third-order valence-electron chi connectivity index (χ3n) is 1.98. The molecule has 0 bridgehead atoms. The maximum atomic E-state index is 11.4. The van der Waals surface area contributed by atoms with Crippen LogP contribution < -0.4 is 10.6 Å². The average molecular weight is 245 g/mol. The molecule has 0 saturated heterocycles. The first-order valence-electron chi connectivity index (χ1n) is 5.44. The molecule has 0 atom stereocenters. The van der Waals surface area contributed by atoms with Crippen LogP contribution in [0.25, 0.3) is 0 Å². The molecule has 0 fully saturated rings. The van der Waals surface area contributed by atoms with Crippen LogP contribution in [-0.4, -0.2) is 54.6 Å². The van der Waals surface area contributed by atoms with Gasteiger partial charge in [0.25, 0.3) is 0 Å². The molecule has 0 aliphatic heterocycles.